The lowest BCUT2D eigenvalue weighted by atomic mass is 10.1. The van der Waals surface area contributed by atoms with Gasteiger partial charge in [0.15, 0.2) is 0 Å². The van der Waals surface area contributed by atoms with Crippen molar-refractivity contribution in [3.05, 3.63) is 127 Å². The summed E-state index contributed by atoms with van der Waals surface area (Å²) in [5.41, 5.74) is 7.09. The van der Waals surface area contributed by atoms with Crippen LogP contribution in [-0.4, -0.2) is 16.7 Å². The number of aryl methyl sites for hydroxylation is 2. The number of alkyl halides is 6. The lowest BCUT2D eigenvalue weighted by Crippen LogP contribution is -2.15. The van der Waals surface area contributed by atoms with Crippen LogP contribution in [0.4, 0.5) is 49.1 Å². The molecule has 0 aliphatic rings. The third kappa shape index (κ3) is 8.40. The van der Waals surface area contributed by atoms with Crippen LogP contribution < -0.4 is 16.4 Å². The summed E-state index contributed by atoms with van der Waals surface area (Å²) in [5.74, 6) is -1.39. The molecule has 4 rings (SSSR count). The molecule has 0 radical (unpaired) electrons. The van der Waals surface area contributed by atoms with Crippen molar-refractivity contribution in [3.8, 4) is 0 Å². The number of nitro benzene ring substituents is 1. The van der Waals surface area contributed by atoms with Crippen molar-refractivity contribution >= 4 is 34.6 Å². The molecule has 0 atom stereocenters. The van der Waals surface area contributed by atoms with Gasteiger partial charge < -0.3 is 16.4 Å². The van der Waals surface area contributed by atoms with Crippen LogP contribution in [0.1, 0.15) is 54.1 Å². The molecule has 46 heavy (non-hydrogen) atoms. The number of anilines is 3. The lowest BCUT2D eigenvalue weighted by molar-refractivity contribution is -0.386. The molecule has 4 aromatic rings. The molecular weight excluding hydrogens is 618 g/mol. The third-order valence-electron chi connectivity index (χ3n) is 6.95. The molecule has 4 N–H and O–H groups in total. The standard InChI is InChI=1S/C16H13F3N2O3.C16H15F3N2O/c1-9-6-7-13(10(2)14(9)21(23)24)20-15(22)11-4-3-5-12(8-11)16(17,18)19;1-9-6-7-13(10(2)14(9)20)21-15(22)11-4-3-5-12(8-11)16(17,18)19/h3-8H,1-2H3,(H,20,22);3-8H,20H2,1-2H3,(H,21,22). The number of benzene rings is 4. The van der Waals surface area contributed by atoms with Gasteiger partial charge in [-0.05, 0) is 87.4 Å². The minimum atomic E-state index is -4.56. The van der Waals surface area contributed by atoms with E-state index >= 15 is 0 Å². The number of hydrogen-bond acceptors (Lipinski definition) is 5. The Hall–Kier alpha value is -5.40. The first kappa shape index (κ1) is 35.1. The molecule has 0 spiro atoms. The molecule has 0 saturated heterocycles. The van der Waals surface area contributed by atoms with Gasteiger partial charge in [0.05, 0.1) is 27.3 Å². The largest absolute Gasteiger partial charge is 0.416 e. The Morgan fingerprint density at radius 1 is 0.674 bits per heavy atom. The van der Waals surface area contributed by atoms with E-state index in [1.54, 1.807) is 26.0 Å². The summed E-state index contributed by atoms with van der Waals surface area (Å²) in [5, 5.41) is 16.1. The summed E-state index contributed by atoms with van der Waals surface area (Å²) >= 11 is 0. The van der Waals surface area contributed by atoms with Crippen LogP contribution in [0.2, 0.25) is 0 Å². The minimum Gasteiger partial charge on any atom is -0.398 e. The van der Waals surface area contributed by atoms with Crippen LogP contribution >= 0.6 is 0 Å². The van der Waals surface area contributed by atoms with Crippen molar-refractivity contribution in [2.75, 3.05) is 16.4 Å². The Morgan fingerprint density at radius 2 is 1.09 bits per heavy atom. The summed E-state index contributed by atoms with van der Waals surface area (Å²) in [6.07, 6.45) is -9.05. The number of carbonyl (C=O) groups is 2. The van der Waals surface area contributed by atoms with E-state index in [0.29, 0.717) is 22.5 Å². The van der Waals surface area contributed by atoms with E-state index in [9.17, 15) is 46.0 Å². The number of carbonyl (C=O) groups excluding carboxylic acids is 2. The maximum Gasteiger partial charge on any atom is 0.416 e. The molecule has 14 heteroatoms. The molecule has 4 aromatic carbocycles. The lowest BCUT2D eigenvalue weighted by Gasteiger charge is -2.13. The highest BCUT2D eigenvalue weighted by molar-refractivity contribution is 6.05. The van der Waals surface area contributed by atoms with Gasteiger partial charge in [-0.2, -0.15) is 26.3 Å². The molecule has 0 aromatic heterocycles. The Labute approximate surface area is 259 Å². The van der Waals surface area contributed by atoms with Gasteiger partial charge in [-0.1, -0.05) is 24.3 Å². The molecule has 242 valence electrons. The fraction of sp³-hybridized carbons (Fsp3) is 0.188. The van der Waals surface area contributed by atoms with Crippen molar-refractivity contribution in [3.63, 3.8) is 0 Å². The summed E-state index contributed by atoms with van der Waals surface area (Å²) in [7, 11) is 0. The van der Waals surface area contributed by atoms with Gasteiger partial charge in [0, 0.05) is 28.1 Å². The number of nitrogen functional groups attached to an aromatic ring is 1. The number of hydrogen-bond donors (Lipinski definition) is 3. The van der Waals surface area contributed by atoms with E-state index in [1.165, 1.54) is 37.3 Å². The Kier molecular flexibility index (Phi) is 10.5. The van der Waals surface area contributed by atoms with E-state index in [-0.39, 0.29) is 28.1 Å². The SMILES string of the molecule is Cc1ccc(NC(=O)c2cccc(C(F)(F)F)c2)c(C)c1N.Cc1ccc(NC(=O)c2cccc(C(F)(F)F)c2)c(C)c1[N+](=O)[O-]. The number of rotatable bonds is 5. The normalized spacial score (nSPS) is 11.3. The maximum absolute atomic E-state index is 12.7. The number of halogens is 6. The van der Waals surface area contributed by atoms with E-state index in [2.05, 4.69) is 10.6 Å². The van der Waals surface area contributed by atoms with Crippen molar-refractivity contribution in [2.45, 2.75) is 40.0 Å². The van der Waals surface area contributed by atoms with Gasteiger partial charge in [-0.3, -0.25) is 19.7 Å². The summed E-state index contributed by atoms with van der Waals surface area (Å²) in [4.78, 5) is 34.8. The monoisotopic (exact) mass is 646 g/mol. The highest BCUT2D eigenvalue weighted by Gasteiger charge is 2.32. The summed E-state index contributed by atoms with van der Waals surface area (Å²) in [6, 6.07) is 14.6. The average molecular weight is 647 g/mol. The number of nitrogens with zero attached hydrogens (tertiary/aromatic N) is 1. The Morgan fingerprint density at radius 3 is 1.50 bits per heavy atom. The summed E-state index contributed by atoms with van der Waals surface area (Å²) in [6.45, 7) is 6.60. The highest BCUT2D eigenvalue weighted by atomic mass is 19.4. The molecule has 0 aliphatic carbocycles. The molecule has 0 saturated carbocycles. The predicted octanol–water partition coefficient (Wildman–Crippen LogP) is 8.64. The van der Waals surface area contributed by atoms with Gasteiger partial charge in [0.1, 0.15) is 0 Å². The number of amides is 2. The number of nitro groups is 1. The molecule has 0 heterocycles. The minimum absolute atomic E-state index is 0.0617. The zero-order valence-corrected chi connectivity index (χ0v) is 24.9. The second-order valence-corrected chi connectivity index (χ2v) is 10.2. The van der Waals surface area contributed by atoms with Crippen LogP contribution in [-0.2, 0) is 12.4 Å². The smallest absolute Gasteiger partial charge is 0.398 e. The predicted molar refractivity (Wildman–Crippen MR) is 162 cm³/mol. The fourth-order valence-electron chi connectivity index (χ4n) is 4.31. The zero-order chi connectivity index (χ0) is 34.6. The van der Waals surface area contributed by atoms with Crippen molar-refractivity contribution in [1.29, 1.82) is 0 Å². The van der Waals surface area contributed by atoms with Crippen LogP contribution in [0, 0.1) is 37.8 Å². The average Bonchev–Trinajstić information content (AvgIpc) is 2.98. The van der Waals surface area contributed by atoms with Gasteiger partial charge >= 0.3 is 12.4 Å². The van der Waals surface area contributed by atoms with Crippen molar-refractivity contribution in [2.24, 2.45) is 0 Å². The van der Waals surface area contributed by atoms with E-state index in [1.807, 2.05) is 6.92 Å². The number of nitrogens with two attached hydrogens (primary N) is 1. The molecule has 8 nitrogen and oxygen atoms in total. The topological polar surface area (TPSA) is 127 Å². The second-order valence-electron chi connectivity index (χ2n) is 10.2. The first-order valence-electron chi connectivity index (χ1n) is 13.4. The fourth-order valence-corrected chi connectivity index (χ4v) is 4.31. The van der Waals surface area contributed by atoms with Gasteiger partial charge in [0.2, 0.25) is 0 Å². The van der Waals surface area contributed by atoms with Crippen LogP contribution in [0.15, 0.2) is 72.8 Å². The Bertz CT molecular complexity index is 1800. The maximum atomic E-state index is 12.7. The van der Waals surface area contributed by atoms with Crippen molar-refractivity contribution < 1.29 is 40.9 Å². The molecule has 0 fully saturated rings. The molecule has 2 amide bonds. The second kappa shape index (κ2) is 13.7. The quantitative estimate of drug-likeness (QED) is 0.0866. The molecule has 0 unspecified atom stereocenters. The number of nitrogens with one attached hydrogen (secondary N) is 2. The Balaban J connectivity index is 0.000000251. The molecule has 0 bridgehead atoms. The molecular formula is C32H28F6N4O4. The zero-order valence-electron chi connectivity index (χ0n) is 24.9. The van der Waals surface area contributed by atoms with Crippen molar-refractivity contribution in [1.82, 2.24) is 0 Å². The van der Waals surface area contributed by atoms with Crippen LogP contribution in [0.5, 0.6) is 0 Å². The van der Waals surface area contributed by atoms with E-state index in [0.717, 1.165) is 35.9 Å². The third-order valence-corrected chi connectivity index (χ3v) is 6.95. The first-order valence-corrected chi connectivity index (χ1v) is 13.4. The van der Waals surface area contributed by atoms with Gasteiger partial charge in [-0.15, -0.1) is 0 Å². The van der Waals surface area contributed by atoms with E-state index < -0.39 is 40.2 Å². The highest BCUT2D eigenvalue weighted by Crippen LogP contribution is 2.32. The van der Waals surface area contributed by atoms with Crippen LogP contribution in [0.3, 0.4) is 0 Å². The van der Waals surface area contributed by atoms with Crippen LogP contribution in [0.25, 0.3) is 0 Å². The van der Waals surface area contributed by atoms with E-state index in [4.69, 9.17) is 5.73 Å². The first-order chi connectivity index (χ1) is 21.3. The van der Waals surface area contributed by atoms with Gasteiger partial charge in [-0.25, -0.2) is 0 Å². The molecule has 0 aliphatic heterocycles. The summed E-state index contributed by atoms with van der Waals surface area (Å²) < 4.78 is 76.1. The van der Waals surface area contributed by atoms with Gasteiger partial charge in [0.25, 0.3) is 17.5 Å².